The van der Waals surface area contributed by atoms with Gasteiger partial charge in [-0.05, 0) is 37.0 Å². The van der Waals surface area contributed by atoms with E-state index in [1.165, 1.54) is 6.42 Å². The van der Waals surface area contributed by atoms with Crippen LogP contribution >= 0.6 is 0 Å². The normalized spacial score (nSPS) is 18.3. The zero-order valence-electron chi connectivity index (χ0n) is 8.73. The predicted molar refractivity (Wildman–Crippen MR) is 58.7 cm³/mol. The minimum Gasteiger partial charge on any atom is -0.490 e. The van der Waals surface area contributed by atoms with Gasteiger partial charge in [-0.1, -0.05) is 12.1 Å². The average molecular weight is 207 g/mol. The molecule has 1 aliphatic carbocycles. The maximum atomic E-state index is 8.89. The molecule has 1 aromatic carbocycles. The van der Waals surface area contributed by atoms with E-state index in [0.717, 1.165) is 24.2 Å². The number of benzene rings is 1. The Balaban J connectivity index is 1.96. The molecule has 0 saturated heterocycles. The molecule has 3 N–H and O–H groups in total. The number of rotatable bonds is 4. The van der Waals surface area contributed by atoms with Gasteiger partial charge in [-0.2, -0.15) is 0 Å². The first kappa shape index (κ1) is 10.5. The molecule has 1 aromatic rings. The molecular formula is C12H17NO2. The summed E-state index contributed by atoms with van der Waals surface area (Å²) >= 11 is 0. The predicted octanol–water partition coefficient (Wildman–Crippen LogP) is 1.61. The van der Waals surface area contributed by atoms with Crippen molar-refractivity contribution in [3.05, 3.63) is 29.8 Å². The van der Waals surface area contributed by atoms with Gasteiger partial charge in [0.15, 0.2) is 0 Å². The summed E-state index contributed by atoms with van der Waals surface area (Å²) in [6, 6.07) is 7.37. The highest BCUT2D eigenvalue weighted by Crippen LogP contribution is 2.25. The lowest BCUT2D eigenvalue weighted by molar-refractivity contribution is 0.120. The van der Waals surface area contributed by atoms with Crippen LogP contribution in [0, 0.1) is 0 Å². The lowest BCUT2D eigenvalue weighted by Gasteiger charge is -2.26. The minimum absolute atomic E-state index is 0.0250. The van der Waals surface area contributed by atoms with Gasteiger partial charge in [-0.15, -0.1) is 0 Å². The van der Waals surface area contributed by atoms with E-state index in [1.807, 2.05) is 24.3 Å². The zero-order chi connectivity index (χ0) is 10.7. The first-order chi connectivity index (χ1) is 7.29. The maximum absolute atomic E-state index is 8.89. The molecule has 0 aromatic heterocycles. The smallest absolute Gasteiger partial charge is 0.119 e. The Morgan fingerprint density at radius 3 is 2.47 bits per heavy atom. The van der Waals surface area contributed by atoms with Crippen LogP contribution in [-0.2, 0) is 0 Å². The van der Waals surface area contributed by atoms with Crippen molar-refractivity contribution in [2.45, 2.75) is 31.4 Å². The lowest BCUT2D eigenvalue weighted by atomic mass is 9.96. The molecule has 2 rings (SSSR count). The summed E-state index contributed by atoms with van der Waals surface area (Å²) in [6.45, 7) is -0.0250. The molecule has 15 heavy (non-hydrogen) atoms. The molecular weight excluding hydrogens is 190 g/mol. The second-order valence-electron chi connectivity index (χ2n) is 4.03. The molecule has 1 unspecified atom stereocenters. The van der Waals surface area contributed by atoms with Gasteiger partial charge in [0.2, 0.25) is 0 Å². The SMILES string of the molecule is NC(CO)c1ccc(OC2CCC2)cc1. The second kappa shape index (κ2) is 4.64. The standard InChI is InChI=1S/C12H17NO2/c13-12(8-14)9-4-6-11(7-5-9)15-10-2-1-3-10/h4-7,10,12,14H,1-3,8,13H2. The van der Waals surface area contributed by atoms with Crippen molar-refractivity contribution in [3.63, 3.8) is 0 Å². The fraction of sp³-hybridized carbons (Fsp3) is 0.500. The Labute approximate surface area is 89.9 Å². The van der Waals surface area contributed by atoms with Gasteiger partial charge in [0.1, 0.15) is 5.75 Å². The topological polar surface area (TPSA) is 55.5 Å². The molecule has 3 nitrogen and oxygen atoms in total. The van der Waals surface area contributed by atoms with Gasteiger partial charge >= 0.3 is 0 Å². The molecule has 0 amide bonds. The van der Waals surface area contributed by atoms with E-state index in [0.29, 0.717) is 6.10 Å². The highest BCUT2D eigenvalue weighted by molar-refractivity contribution is 5.29. The van der Waals surface area contributed by atoms with E-state index in [4.69, 9.17) is 15.6 Å². The summed E-state index contributed by atoms with van der Waals surface area (Å²) < 4.78 is 5.72. The maximum Gasteiger partial charge on any atom is 0.119 e. The first-order valence-electron chi connectivity index (χ1n) is 5.42. The van der Waals surface area contributed by atoms with Gasteiger partial charge in [-0.3, -0.25) is 0 Å². The third-order valence-corrected chi connectivity index (χ3v) is 2.86. The summed E-state index contributed by atoms with van der Waals surface area (Å²) in [7, 11) is 0. The Morgan fingerprint density at radius 2 is 2.00 bits per heavy atom. The Bertz CT molecular complexity index is 306. The van der Waals surface area contributed by atoms with Gasteiger partial charge in [0, 0.05) is 0 Å². The van der Waals surface area contributed by atoms with Crippen molar-refractivity contribution in [1.82, 2.24) is 0 Å². The number of aliphatic hydroxyl groups excluding tert-OH is 1. The Kier molecular flexibility index (Phi) is 3.23. The number of ether oxygens (including phenoxy) is 1. The average Bonchev–Trinajstić information content (AvgIpc) is 2.23. The van der Waals surface area contributed by atoms with E-state index in [2.05, 4.69) is 0 Å². The van der Waals surface area contributed by atoms with Crippen molar-refractivity contribution in [1.29, 1.82) is 0 Å². The number of nitrogens with two attached hydrogens (primary N) is 1. The molecule has 0 heterocycles. The van der Waals surface area contributed by atoms with Crippen LogP contribution in [0.15, 0.2) is 24.3 Å². The molecule has 1 fully saturated rings. The fourth-order valence-electron chi connectivity index (χ4n) is 1.58. The van der Waals surface area contributed by atoms with Crippen molar-refractivity contribution < 1.29 is 9.84 Å². The van der Waals surface area contributed by atoms with Crippen LogP contribution in [0.2, 0.25) is 0 Å². The van der Waals surface area contributed by atoms with E-state index >= 15 is 0 Å². The highest BCUT2D eigenvalue weighted by atomic mass is 16.5. The van der Waals surface area contributed by atoms with Crippen LogP contribution in [0.4, 0.5) is 0 Å². The largest absolute Gasteiger partial charge is 0.490 e. The molecule has 82 valence electrons. The van der Waals surface area contributed by atoms with Gasteiger partial charge in [0.25, 0.3) is 0 Å². The monoisotopic (exact) mass is 207 g/mol. The third-order valence-electron chi connectivity index (χ3n) is 2.86. The first-order valence-corrected chi connectivity index (χ1v) is 5.42. The van der Waals surface area contributed by atoms with Crippen molar-refractivity contribution in [2.24, 2.45) is 5.73 Å². The van der Waals surface area contributed by atoms with Crippen LogP contribution in [0.1, 0.15) is 30.9 Å². The van der Waals surface area contributed by atoms with E-state index in [1.54, 1.807) is 0 Å². The van der Waals surface area contributed by atoms with Crippen molar-refractivity contribution in [3.8, 4) is 5.75 Å². The summed E-state index contributed by atoms with van der Waals surface area (Å²) in [6.07, 6.45) is 4.01. The van der Waals surface area contributed by atoms with Crippen LogP contribution in [-0.4, -0.2) is 17.8 Å². The molecule has 0 bridgehead atoms. The van der Waals surface area contributed by atoms with E-state index < -0.39 is 0 Å². The van der Waals surface area contributed by atoms with Crippen LogP contribution in [0.5, 0.6) is 5.75 Å². The number of aliphatic hydroxyl groups is 1. The van der Waals surface area contributed by atoms with Gasteiger partial charge in [0.05, 0.1) is 18.8 Å². The quantitative estimate of drug-likeness (QED) is 0.788. The second-order valence-corrected chi connectivity index (χ2v) is 4.03. The van der Waals surface area contributed by atoms with Gasteiger partial charge in [-0.25, -0.2) is 0 Å². The summed E-state index contributed by atoms with van der Waals surface area (Å²) in [5.41, 5.74) is 6.64. The molecule has 0 radical (unpaired) electrons. The fourth-order valence-corrected chi connectivity index (χ4v) is 1.58. The molecule has 1 aliphatic rings. The van der Waals surface area contributed by atoms with Crippen molar-refractivity contribution in [2.75, 3.05) is 6.61 Å². The third kappa shape index (κ3) is 2.49. The number of hydrogen-bond donors (Lipinski definition) is 2. The highest BCUT2D eigenvalue weighted by Gasteiger charge is 2.18. The van der Waals surface area contributed by atoms with E-state index in [-0.39, 0.29) is 12.6 Å². The van der Waals surface area contributed by atoms with Crippen LogP contribution < -0.4 is 10.5 Å². The summed E-state index contributed by atoms with van der Waals surface area (Å²) in [5.74, 6) is 0.897. The molecule has 1 atom stereocenters. The molecule has 1 saturated carbocycles. The van der Waals surface area contributed by atoms with Crippen molar-refractivity contribution >= 4 is 0 Å². The Hall–Kier alpha value is -1.06. The lowest BCUT2D eigenvalue weighted by Crippen LogP contribution is -2.24. The Morgan fingerprint density at radius 1 is 1.33 bits per heavy atom. The van der Waals surface area contributed by atoms with Gasteiger partial charge < -0.3 is 15.6 Å². The zero-order valence-corrected chi connectivity index (χ0v) is 8.73. The molecule has 3 heteroatoms. The van der Waals surface area contributed by atoms with E-state index in [9.17, 15) is 0 Å². The van der Waals surface area contributed by atoms with Crippen LogP contribution in [0.3, 0.4) is 0 Å². The number of hydrogen-bond acceptors (Lipinski definition) is 3. The minimum atomic E-state index is -0.289. The summed E-state index contributed by atoms with van der Waals surface area (Å²) in [5, 5.41) is 8.89. The summed E-state index contributed by atoms with van der Waals surface area (Å²) in [4.78, 5) is 0. The van der Waals surface area contributed by atoms with Crippen LogP contribution in [0.25, 0.3) is 0 Å². The molecule has 0 spiro atoms. The molecule has 0 aliphatic heterocycles.